The first-order chi connectivity index (χ1) is 10.4. The van der Waals surface area contributed by atoms with Gasteiger partial charge in [-0.3, -0.25) is 9.59 Å². The summed E-state index contributed by atoms with van der Waals surface area (Å²) in [5, 5.41) is 0. The Kier molecular flexibility index (Phi) is 7.09. The van der Waals surface area contributed by atoms with Crippen LogP contribution in [0, 0.1) is 17.6 Å². The molecule has 0 radical (unpaired) electrons. The summed E-state index contributed by atoms with van der Waals surface area (Å²) in [4.78, 5) is 25.9. The number of carbonyl (C=O) groups is 2. The number of likely N-dealkylation sites (tertiary alicyclic amines) is 1. The second-order valence-corrected chi connectivity index (χ2v) is 5.78. The van der Waals surface area contributed by atoms with Crippen LogP contribution in [0.2, 0.25) is 0 Å². The third kappa shape index (κ3) is 4.72. The predicted molar refractivity (Wildman–Crippen MR) is 85.5 cm³/mol. The Morgan fingerprint density at radius 1 is 1.26 bits per heavy atom. The van der Waals surface area contributed by atoms with Crippen molar-refractivity contribution in [2.75, 3.05) is 13.1 Å². The second kappa shape index (κ2) is 8.36. The van der Waals surface area contributed by atoms with Crippen molar-refractivity contribution in [2.24, 2.45) is 11.7 Å². The van der Waals surface area contributed by atoms with Gasteiger partial charge in [0.2, 0.25) is 5.91 Å². The Balaban J connectivity index is 0.00000264. The number of benzene rings is 1. The van der Waals surface area contributed by atoms with Crippen LogP contribution in [0.15, 0.2) is 18.2 Å². The fraction of sp³-hybridized carbons (Fsp3) is 0.500. The van der Waals surface area contributed by atoms with Crippen LogP contribution in [0.5, 0.6) is 0 Å². The predicted octanol–water partition coefficient (Wildman–Crippen LogP) is 2.55. The van der Waals surface area contributed by atoms with E-state index in [-0.39, 0.29) is 48.5 Å². The third-order valence-corrected chi connectivity index (χ3v) is 4.12. The first kappa shape index (κ1) is 19.5. The lowest BCUT2D eigenvalue weighted by Gasteiger charge is -2.21. The number of carbonyl (C=O) groups excluding carboxylic acids is 2. The average Bonchev–Trinajstić information content (AvgIpc) is 2.88. The molecular weight excluding hydrogens is 326 g/mol. The van der Waals surface area contributed by atoms with Crippen molar-refractivity contribution in [1.82, 2.24) is 4.90 Å². The standard InChI is InChI=1S/C16H20F2N2O2.ClH/c1-10-6-11(8-19)9-20(10)16(22)5-4-15(21)12-2-3-13(17)14(18)7-12;/h2-3,7,10-11H,4-6,8-9,19H2,1H3;1H. The van der Waals surface area contributed by atoms with Crippen LogP contribution in [-0.4, -0.2) is 35.7 Å². The zero-order valence-corrected chi connectivity index (χ0v) is 13.7. The normalized spacial score (nSPS) is 20.3. The van der Waals surface area contributed by atoms with Gasteiger partial charge < -0.3 is 10.6 Å². The number of ketones is 1. The van der Waals surface area contributed by atoms with Gasteiger partial charge in [-0.25, -0.2) is 8.78 Å². The lowest BCUT2D eigenvalue weighted by Crippen LogP contribution is -2.34. The van der Waals surface area contributed by atoms with Crippen LogP contribution in [0.25, 0.3) is 0 Å². The summed E-state index contributed by atoms with van der Waals surface area (Å²) in [6.07, 6.45) is 0.930. The molecule has 1 saturated heterocycles. The van der Waals surface area contributed by atoms with E-state index in [0.717, 1.165) is 18.6 Å². The van der Waals surface area contributed by atoms with Crippen molar-refractivity contribution in [1.29, 1.82) is 0 Å². The Labute approximate surface area is 140 Å². The van der Waals surface area contributed by atoms with Crippen LogP contribution in [-0.2, 0) is 4.79 Å². The van der Waals surface area contributed by atoms with Gasteiger partial charge in [0.1, 0.15) is 0 Å². The van der Waals surface area contributed by atoms with Gasteiger partial charge in [-0.05, 0) is 44.0 Å². The topological polar surface area (TPSA) is 63.4 Å². The largest absolute Gasteiger partial charge is 0.340 e. The number of Topliss-reactive ketones (excluding diaryl/α,β-unsaturated/α-hetero) is 1. The van der Waals surface area contributed by atoms with E-state index in [0.29, 0.717) is 19.0 Å². The minimum atomic E-state index is -1.06. The molecule has 1 aromatic rings. The molecule has 1 aliphatic heterocycles. The van der Waals surface area contributed by atoms with Gasteiger partial charge in [-0.1, -0.05) is 0 Å². The van der Waals surface area contributed by atoms with Gasteiger partial charge in [0.25, 0.3) is 0 Å². The van der Waals surface area contributed by atoms with Crippen LogP contribution < -0.4 is 5.73 Å². The SMILES string of the molecule is CC1CC(CN)CN1C(=O)CCC(=O)c1ccc(F)c(F)c1.Cl. The van der Waals surface area contributed by atoms with E-state index in [1.165, 1.54) is 6.07 Å². The minimum absolute atomic E-state index is 0. The molecule has 2 N–H and O–H groups in total. The number of nitrogens with zero attached hydrogens (tertiary/aromatic N) is 1. The summed E-state index contributed by atoms with van der Waals surface area (Å²) in [5.41, 5.74) is 5.71. The fourth-order valence-electron chi connectivity index (χ4n) is 2.84. The minimum Gasteiger partial charge on any atom is -0.340 e. The number of amides is 1. The highest BCUT2D eigenvalue weighted by Crippen LogP contribution is 2.23. The molecule has 4 nitrogen and oxygen atoms in total. The molecule has 2 rings (SSSR count). The Bertz CT molecular complexity index is 583. The van der Waals surface area contributed by atoms with Crippen molar-refractivity contribution in [3.63, 3.8) is 0 Å². The van der Waals surface area contributed by atoms with Crippen molar-refractivity contribution >= 4 is 24.1 Å². The zero-order chi connectivity index (χ0) is 16.3. The first-order valence-corrected chi connectivity index (χ1v) is 7.40. The van der Waals surface area contributed by atoms with Gasteiger partial charge in [-0.15, -0.1) is 12.4 Å². The number of rotatable bonds is 5. The quantitative estimate of drug-likeness (QED) is 0.833. The van der Waals surface area contributed by atoms with Crippen LogP contribution >= 0.6 is 12.4 Å². The van der Waals surface area contributed by atoms with Crippen LogP contribution in [0.3, 0.4) is 0 Å². The van der Waals surface area contributed by atoms with E-state index in [1.54, 1.807) is 4.90 Å². The monoisotopic (exact) mass is 346 g/mol. The number of hydrogen-bond donors (Lipinski definition) is 1. The molecule has 1 heterocycles. The Hall–Kier alpha value is -1.53. The van der Waals surface area contributed by atoms with E-state index in [1.807, 2.05) is 6.92 Å². The van der Waals surface area contributed by atoms with Crippen molar-refractivity contribution in [2.45, 2.75) is 32.2 Å². The summed E-state index contributed by atoms with van der Waals surface area (Å²) < 4.78 is 25.9. The summed E-state index contributed by atoms with van der Waals surface area (Å²) in [7, 11) is 0. The number of halogens is 3. The van der Waals surface area contributed by atoms with Crippen molar-refractivity contribution < 1.29 is 18.4 Å². The second-order valence-electron chi connectivity index (χ2n) is 5.78. The molecule has 7 heteroatoms. The van der Waals surface area contributed by atoms with E-state index >= 15 is 0 Å². The molecule has 0 saturated carbocycles. The van der Waals surface area contributed by atoms with Crippen molar-refractivity contribution in [3.8, 4) is 0 Å². The molecule has 0 aliphatic carbocycles. The summed E-state index contributed by atoms with van der Waals surface area (Å²) in [6, 6.07) is 3.14. The molecule has 128 valence electrons. The molecule has 1 amide bonds. The summed E-state index contributed by atoms with van der Waals surface area (Å²) >= 11 is 0. The average molecular weight is 347 g/mol. The van der Waals surface area contributed by atoms with Gasteiger partial charge in [0.15, 0.2) is 17.4 Å². The maximum atomic E-state index is 13.1. The summed E-state index contributed by atoms with van der Waals surface area (Å²) in [5.74, 6) is -2.21. The molecule has 2 atom stereocenters. The van der Waals surface area contributed by atoms with Crippen LogP contribution in [0.1, 0.15) is 36.5 Å². The molecule has 23 heavy (non-hydrogen) atoms. The van der Waals surface area contributed by atoms with E-state index in [9.17, 15) is 18.4 Å². The first-order valence-electron chi connectivity index (χ1n) is 7.40. The smallest absolute Gasteiger partial charge is 0.223 e. The maximum Gasteiger partial charge on any atom is 0.223 e. The van der Waals surface area contributed by atoms with E-state index in [4.69, 9.17) is 5.73 Å². The molecule has 1 aliphatic rings. The molecule has 1 fully saturated rings. The fourth-order valence-corrected chi connectivity index (χ4v) is 2.84. The highest BCUT2D eigenvalue weighted by atomic mass is 35.5. The van der Waals surface area contributed by atoms with Gasteiger partial charge in [0, 0.05) is 31.0 Å². The highest BCUT2D eigenvalue weighted by Gasteiger charge is 2.31. The van der Waals surface area contributed by atoms with Gasteiger partial charge >= 0.3 is 0 Å². The van der Waals surface area contributed by atoms with E-state index < -0.39 is 11.6 Å². The van der Waals surface area contributed by atoms with Gasteiger partial charge in [0.05, 0.1) is 0 Å². The lowest BCUT2D eigenvalue weighted by molar-refractivity contribution is -0.131. The van der Waals surface area contributed by atoms with Crippen LogP contribution in [0.4, 0.5) is 8.78 Å². The Morgan fingerprint density at radius 2 is 1.96 bits per heavy atom. The molecule has 0 bridgehead atoms. The highest BCUT2D eigenvalue weighted by molar-refractivity contribution is 5.98. The van der Waals surface area contributed by atoms with Gasteiger partial charge in [-0.2, -0.15) is 0 Å². The molecule has 0 spiro atoms. The molecule has 1 aromatic carbocycles. The maximum absolute atomic E-state index is 13.1. The number of hydrogen-bond acceptors (Lipinski definition) is 3. The summed E-state index contributed by atoms with van der Waals surface area (Å²) in [6.45, 7) is 3.13. The lowest BCUT2D eigenvalue weighted by atomic mass is 10.1. The number of nitrogens with two attached hydrogens (primary N) is 1. The zero-order valence-electron chi connectivity index (χ0n) is 12.9. The van der Waals surface area contributed by atoms with E-state index in [2.05, 4.69) is 0 Å². The third-order valence-electron chi connectivity index (χ3n) is 4.12. The molecule has 2 unspecified atom stereocenters. The van der Waals surface area contributed by atoms with Crippen molar-refractivity contribution in [3.05, 3.63) is 35.4 Å². The Morgan fingerprint density at radius 3 is 2.52 bits per heavy atom. The molecule has 0 aromatic heterocycles. The molecular formula is C16H21ClF2N2O2.